The average Bonchev–Trinajstić information content (AvgIpc) is 3.57. The minimum absolute atomic E-state index is 0.0549. The molecule has 1 unspecified atom stereocenters. The van der Waals surface area contributed by atoms with Gasteiger partial charge in [0.05, 0.1) is 23.9 Å². The van der Waals surface area contributed by atoms with Crippen LogP contribution < -0.4 is 5.32 Å². The zero-order chi connectivity index (χ0) is 28.4. The van der Waals surface area contributed by atoms with Gasteiger partial charge in [0, 0.05) is 91.8 Å². The van der Waals surface area contributed by atoms with Gasteiger partial charge in [-0.25, -0.2) is 0 Å². The van der Waals surface area contributed by atoms with Gasteiger partial charge in [-0.15, -0.1) is 0 Å². The van der Waals surface area contributed by atoms with Gasteiger partial charge in [0.25, 0.3) is 11.8 Å². The molecule has 7 nitrogen and oxygen atoms in total. The fraction of sp³-hybridized carbons (Fsp3) is 0.333. The molecule has 9 heteroatoms. The summed E-state index contributed by atoms with van der Waals surface area (Å²) in [6, 6.07) is 3.95. The quantitative estimate of drug-likeness (QED) is 0.218. The van der Waals surface area contributed by atoms with Crippen LogP contribution in [0.3, 0.4) is 0 Å². The molecule has 0 radical (unpaired) electrons. The molecular formula is C30H36I2N4O3. The summed E-state index contributed by atoms with van der Waals surface area (Å²) < 4.78 is 10.6. The second-order valence-corrected chi connectivity index (χ2v) is 9.54. The minimum atomic E-state index is -0.366. The molecule has 2 aliphatic rings. The number of imide groups is 1. The highest BCUT2D eigenvalue weighted by atomic mass is 128. The lowest BCUT2D eigenvalue weighted by atomic mass is 9.99. The maximum absolute atomic E-state index is 13.0. The number of hydrogen-bond acceptors (Lipinski definition) is 4. The highest BCUT2D eigenvalue weighted by Crippen LogP contribution is 2.34. The number of rotatable bonds is 6. The Morgan fingerprint density at radius 2 is 1.41 bits per heavy atom. The van der Waals surface area contributed by atoms with Crippen molar-refractivity contribution < 1.29 is 14.3 Å². The van der Waals surface area contributed by atoms with Crippen LogP contribution in [0.4, 0.5) is 0 Å². The van der Waals surface area contributed by atoms with Crippen molar-refractivity contribution in [1.82, 2.24) is 19.4 Å². The molecule has 1 N–H and O–H groups in total. The predicted octanol–water partition coefficient (Wildman–Crippen LogP) is 6.16. The molecule has 208 valence electrons. The van der Waals surface area contributed by atoms with E-state index in [1.165, 1.54) is 0 Å². The number of amides is 2. The van der Waals surface area contributed by atoms with Crippen molar-refractivity contribution in [3.05, 3.63) is 83.5 Å². The number of fused-ring (bicyclic) bond motifs is 6. The number of aryl methyl sites for hydroxylation is 1. The summed E-state index contributed by atoms with van der Waals surface area (Å²) in [5.41, 5.74) is 4.21. The Morgan fingerprint density at radius 3 is 1.90 bits per heavy atom. The van der Waals surface area contributed by atoms with E-state index >= 15 is 0 Å². The Bertz CT molecular complexity index is 1310. The van der Waals surface area contributed by atoms with Crippen LogP contribution in [0, 0.1) is 0 Å². The summed E-state index contributed by atoms with van der Waals surface area (Å²) in [5.74, 6) is -0.727. The SMILES string of the molecule is C/C=C\C=C/c1cc2cn1CCOC(CN(C)C)CCn1cc(cc1/C=C\C=C/C)C1=C2C(=O)NC1=O.II. The standard InChI is InChI=1S/C30H36N4O3.I2/c1-5-7-9-11-24-17-22-19-33(24)14-13-26(21-32(3)4)37-16-15-34-20-23(18-25(34)12-10-8-6-2)28-27(22)29(35)31-30(28)36;1-2/h5-12,17-20,26H,13-16,21H2,1-4H3,(H,31,35,36);/b7-5-,8-6-,11-9-,12-10-;. The van der Waals surface area contributed by atoms with Crippen molar-refractivity contribution in [3.8, 4) is 0 Å². The number of nitrogens with zero attached hydrogens (tertiary/aromatic N) is 3. The summed E-state index contributed by atoms with van der Waals surface area (Å²) in [4.78, 5) is 28.2. The van der Waals surface area contributed by atoms with Gasteiger partial charge in [0.2, 0.25) is 0 Å². The van der Waals surface area contributed by atoms with Crippen LogP contribution in [-0.4, -0.2) is 59.2 Å². The average molecular weight is 754 g/mol. The number of ether oxygens (including phenoxy) is 1. The van der Waals surface area contributed by atoms with Gasteiger partial charge >= 0.3 is 0 Å². The molecule has 4 heterocycles. The number of hydrogen-bond donors (Lipinski definition) is 1. The molecule has 0 aromatic carbocycles. The van der Waals surface area contributed by atoms with Crippen LogP contribution in [0.5, 0.6) is 0 Å². The van der Waals surface area contributed by atoms with Crippen LogP contribution in [0.25, 0.3) is 23.3 Å². The van der Waals surface area contributed by atoms with E-state index in [2.05, 4.69) is 70.7 Å². The van der Waals surface area contributed by atoms with Gasteiger partial charge in [-0.3, -0.25) is 14.9 Å². The summed E-state index contributed by atoms with van der Waals surface area (Å²) >= 11 is 4.24. The van der Waals surface area contributed by atoms with Crippen molar-refractivity contribution in [2.24, 2.45) is 0 Å². The van der Waals surface area contributed by atoms with E-state index in [0.717, 1.165) is 42.0 Å². The number of carbonyl (C=O) groups excluding carboxylic acids is 2. The molecule has 2 aromatic rings. The van der Waals surface area contributed by atoms with Gasteiger partial charge in [-0.05, 0) is 58.6 Å². The van der Waals surface area contributed by atoms with Crippen LogP contribution in [0.1, 0.15) is 42.8 Å². The lowest BCUT2D eigenvalue weighted by Crippen LogP contribution is -2.30. The first-order valence-corrected chi connectivity index (χ1v) is 19.2. The first kappa shape index (κ1) is 31.3. The highest BCUT2D eigenvalue weighted by Gasteiger charge is 2.34. The molecule has 4 bridgehead atoms. The Labute approximate surface area is 254 Å². The summed E-state index contributed by atoms with van der Waals surface area (Å²) in [6.07, 6.45) is 20.7. The molecule has 2 aliphatic heterocycles. The number of aromatic nitrogens is 2. The third kappa shape index (κ3) is 8.15. The maximum Gasteiger partial charge on any atom is 0.259 e. The molecule has 0 spiro atoms. The van der Waals surface area contributed by atoms with Gasteiger partial charge in [-0.1, -0.05) is 36.5 Å². The largest absolute Gasteiger partial charge is 0.375 e. The summed E-state index contributed by atoms with van der Waals surface area (Å²) in [5, 5.41) is 2.52. The third-order valence-corrected chi connectivity index (χ3v) is 6.46. The van der Waals surface area contributed by atoms with Crippen LogP contribution in [-0.2, 0) is 27.4 Å². The van der Waals surface area contributed by atoms with E-state index in [-0.39, 0.29) is 17.9 Å². The molecule has 4 rings (SSSR count). The topological polar surface area (TPSA) is 68.5 Å². The normalized spacial score (nSPS) is 18.4. The zero-order valence-electron chi connectivity index (χ0n) is 22.9. The van der Waals surface area contributed by atoms with E-state index in [1.54, 1.807) is 0 Å². The van der Waals surface area contributed by atoms with Crippen LogP contribution >= 0.6 is 37.2 Å². The van der Waals surface area contributed by atoms with Crippen molar-refractivity contribution in [3.63, 3.8) is 0 Å². The van der Waals surface area contributed by atoms with Crippen molar-refractivity contribution >= 4 is 72.3 Å². The minimum Gasteiger partial charge on any atom is -0.375 e. The Kier molecular flexibility index (Phi) is 12.5. The fourth-order valence-electron chi connectivity index (χ4n) is 4.76. The number of nitrogens with one attached hydrogen (secondary N) is 1. The van der Waals surface area contributed by atoms with E-state index in [0.29, 0.717) is 24.3 Å². The number of carbonyl (C=O) groups is 2. The van der Waals surface area contributed by atoms with Crippen molar-refractivity contribution in [2.75, 3.05) is 27.2 Å². The van der Waals surface area contributed by atoms with Crippen molar-refractivity contribution in [1.29, 1.82) is 0 Å². The molecular weight excluding hydrogens is 718 g/mol. The first-order chi connectivity index (χ1) is 18.9. The highest BCUT2D eigenvalue weighted by molar-refractivity contribution is 15.0. The van der Waals surface area contributed by atoms with E-state index in [1.807, 2.05) is 87.0 Å². The predicted molar refractivity (Wildman–Crippen MR) is 177 cm³/mol. The first-order valence-electron chi connectivity index (χ1n) is 12.9. The zero-order valence-corrected chi connectivity index (χ0v) is 27.2. The number of halogens is 2. The molecule has 2 amide bonds. The molecule has 1 atom stereocenters. The second-order valence-electron chi connectivity index (χ2n) is 9.54. The van der Waals surface area contributed by atoms with E-state index in [4.69, 9.17) is 4.74 Å². The molecule has 0 saturated heterocycles. The summed E-state index contributed by atoms with van der Waals surface area (Å²) in [7, 11) is 4.11. The van der Waals surface area contributed by atoms with Crippen LogP contribution in [0.2, 0.25) is 0 Å². The van der Waals surface area contributed by atoms with Gasteiger partial charge in [-0.2, -0.15) is 0 Å². The van der Waals surface area contributed by atoms with Crippen LogP contribution in [0.15, 0.2) is 61.0 Å². The van der Waals surface area contributed by atoms with Gasteiger partial charge in [0.1, 0.15) is 0 Å². The van der Waals surface area contributed by atoms with E-state index < -0.39 is 0 Å². The second kappa shape index (κ2) is 15.5. The molecule has 0 saturated carbocycles. The third-order valence-electron chi connectivity index (χ3n) is 6.46. The fourth-order valence-corrected chi connectivity index (χ4v) is 4.76. The lowest BCUT2D eigenvalue weighted by Gasteiger charge is -2.22. The van der Waals surface area contributed by atoms with Gasteiger partial charge in [0.15, 0.2) is 0 Å². The Morgan fingerprint density at radius 1 is 0.897 bits per heavy atom. The Balaban J connectivity index is 0.00000205. The van der Waals surface area contributed by atoms with E-state index in [9.17, 15) is 9.59 Å². The number of allylic oxidation sites excluding steroid dienone is 6. The molecule has 39 heavy (non-hydrogen) atoms. The Hall–Kier alpha value is -2.22. The molecule has 2 aromatic heterocycles. The maximum atomic E-state index is 13.0. The van der Waals surface area contributed by atoms with Gasteiger partial charge < -0.3 is 18.8 Å². The summed E-state index contributed by atoms with van der Waals surface area (Å²) in [6.45, 7) is 6.66. The monoisotopic (exact) mass is 754 g/mol. The molecule has 0 fully saturated rings. The lowest BCUT2D eigenvalue weighted by molar-refractivity contribution is -0.122. The van der Waals surface area contributed by atoms with Crippen molar-refractivity contribution in [2.45, 2.75) is 39.5 Å². The molecule has 0 aliphatic carbocycles. The smallest absolute Gasteiger partial charge is 0.259 e. The number of likely N-dealkylation sites (N-methyl/N-ethyl adjacent to an activating group) is 1.